The van der Waals surface area contributed by atoms with E-state index in [1.165, 1.54) is 12.1 Å². The molecule has 1 aromatic carbocycles. The number of hydrogen-bond donors (Lipinski definition) is 3. The van der Waals surface area contributed by atoms with Gasteiger partial charge in [0.1, 0.15) is 5.75 Å². The monoisotopic (exact) mass is 239 g/mol. The fourth-order valence-electron chi connectivity index (χ4n) is 1.38. The van der Waals surface area contributed by atoms with Crippen molar-refractivity contribution in [3.05, 3.63) is 29.8 Å². The number of phenols is 1. The van der Waals surface area contributed by atoms with Gasteiger partial charge < -0.3 is 15.3 Å². The smallest absolute Gasteiger partial charge is 0.416 e. The largest absolute Gasteiger partial charge is 0.508 e. The number of carboxylic acid groups (broad SMARTS) is 2. The minimum Gasteiger partial charge on any atom is -0.508 e. The third-order valence-corrected chi connectivity index (χ3v) is 2.25. The van der Waals surface area contributed by atoms with E-state index in [1.54, 1.807) is 12.1 Å². The first-order valence-corrected chi connectivity index (χ1v) is 5.02. The topological polar surface area (TPSA) is 98.1 Å². The molecule has 3 N–H and O–H groups in total. The summed E-state index contributed by atoms with van der Waals surface area (Å²) in [7, 11) is 0. The van der Waals surface area contributed by atoms with Gasteiger partial charge in [-0.25, -0.2) is 14.5 Å². The highest BCUT2D eigenvalue weighted by atomic mass is 16.4. The van der Waals surface area contributed by atoms with Gasteiger partial charge in [0.25, 0.3) is 0 Å². The van der Waals surface area contributed by atoms with Gasteiger partial charge in [-0.3, -0.25) is 0 Å². The van der Waals surface area contributed by atoms with E-state index in [9.17, 15) is 9.59 Å². The van der Waals surface area contributed by atoms with E-state index in [0.29, 0.717) is 17.7 Å². The van der Waals surface area contributed by atoms with Crippen molar-refractivity contribution in [3.8, 4) is 5.75 Å². The number of aryl methyl sites for hydroxylation is 1. The Bertz CT molecular complexity index is 387. The molecular weight excluding hydrogens is 226 g/mol. The molecule has 92 valence electrons. The van der Waals surface area contributed by atoms with Crippen LogP contribution in [0.5, 0.6) is 5.75 Å². The average molecular weight is 239 g/mol. The lowest BCUT2D eigenvalue weighted by Crippen LogP contribution is -2.35. The zero-order chi connectivity index (χ0) is 12.8. The van der Waals surface area contributed by atoms with Crippen molar-refractivity contribution in [2.24, 2.45) is 0 Å². The molecule has 0 unspecified atom stereocenters. The van der Waals surface area contributed by atoms with Crippen LogP contribution in [0.3, 0.4) is 0 Å². The van der Waals surface area contributed by atoms with Crippen molar-refractivity contribution >= 4 is 12.2 Å². The number of benzene rings is 1. The van der Waals surface area contributed by atoms with Gasteiger partial charge in [0.15, 0.2) is 0 Å². The molecule has 0 spiro atoms. The first-order valence-electron chi connectivity index (χ1n) is 5.02. The Balaban J connectivity index is 2.43. The average Bonchev–Trinajstić information content (AvgIpc) is 2.25. The second-order valence-electron chi connectivity index (χ2n) is 3.49. The Kier molecular flexibility index (Phi) is 4.33. The van der Waals surface area contributed by atoms with E-state index >= 15 is 0 Å². The summed E-state index contributed by atoms with van der Waals surface area (Å²) < 4.78 is 0. The molecule has 17 heavy (non-hydrogen) atoms. The summed E-state index contributed by atoms with van der Waals surface area (Å²) in [5.41, 5.74) is 0.915. The van der Waals surface area contributed by atoms with Crippen molar-refractivity contribution in [1.82, 2.24) is 4.90 Å². The summed E-state index contributed by atoms with van der Waals surface area (Å²) in [6.45, 7) is -0.0639. The van der Waals surface area contributed by atoms with Gasteiger partial charge in [-0.2, -0.15) is 0 Å². The summed E-state index contributed by atoms with van der Waals surface area (Å²) in [5.74, 6) is 0.159. The maximum Gasteiger partial charge on any atom is 0.416 e. The minimum atomic E-state index is -1.47. The first kappa shape index (κ1) is 12.8. The van der Waals surface area contributed by atoms with Gasteiger partial charge in [0, 0.05) is 6.54 Å². The summed E-state index contributed by atoms with van der Waals surface area (Å²) in [4.78, 5) is 21.4. The van der Waals surface area contributed by atoms with Gasteiger partial charge in [0.05, 0.1) is 0 Å². The summed E-state index contributed by atoms with van der Waals surface area (Å²) in [6, 6.07) is 6.48. The second kappa shape index (κ2) is 5.74. The van der Waals surface area contributed by atoms with Crippen LogP contribution >= 0.6 is 0 Å². The highest BCUT2D eigenvalue weighted by Crippen LogP contribution is 2.11. The predicted molar refractivity (Wildman–Crippen MR) is 59.2 cm³/mol. The molecule has 0 aliphatic carbocycles. The Hall–Kier alpha value is -2.24. The quantitative estimate of drug-likeness (QED) is 0.746. The van der Waals surface area contributed by atoms with E-state index in [1.807, 2.05) is 0 Å². The molecule has 0 aromatic heterocycles. The zero-order valence-corrected chi connectivity index (χ0v) is 9.04. The zero-order valence-electron chi connectivity index (χ0n) is 9.04. The van der Waals surface area contributed by atoms with Gasteiger partial charge in [-0.1, -0.05) is 12.1 Å². The number of carbonyl (C=O) groups is 2. The van der Waals surface area contributed by atoms with E-state index in [-0.39, 0.29) is 12.3 Å². The molecular formula is C11H13NO5. The third-order valence-electron chi connectivity index (χ3n) is 2.25. The minimum absolute atomic E-state index is 0.0639. The number of imide groups is 1. The molecule has 1 aromatic rings. The van der Waals surface area contributed by atoms with Gasteiger partial charge in [0.2, 0.25) is 0 Å². The molecule has 0 saturated heterocycles. The molecule has 6 heteroatoms. The highest BCUT2D eigenvalue weighted by molar-refractivity contribution is 5.85. The molecule has 6 nitrogen and oxygen atoms in total. The maximum atomic E-state index is 10.5. The van der Waals surface area contributed by atoms with Crippen LogP contribution in [0.2, 0.25) is 0 Å². The van der Waals surface area contributed by atoms with Crippen LogP contribution in [0.4, 0.5) is 9.59 Å². The van der Waals surface area contributed by atoms with E-state index < -0.39 is 12.2 Å². The number of nitrogens with zero attached hydrogens (tertiary/aromatic N) is 1. The fraction of sp³-hybridized carbons (Fsp3) is 0.273. The molecule has 1 rings (SSSR count). The molecule has 2 amide bonds. The van der Waals surface area contributed by atoms with Crippen LogP contribution in [-0.2, 0) is 6.42 Å². The molecule has 0 fully saturated rings. The van der Waals surface area contributed by atoms with E-state index in [4.69, 9.17) is 15.3 Å². The van der Waals surface area contributed by atoms with Crippen LogP contribution in [0.25, 0.3) is 0 Å². The number of phenolic OH excluding ortho intramolecular Hbond substituents is 1. The molecule has 0 heterocycles. The van der Waals surface area contributed by atoms with Crippen LogP contribution < -0.4 is 0 Å². The summed E-state index contributed by atoms with van der Waals surface area (Å²) >= 11 is 0. The summed E-state index contributed by atoms with van der Waals surface area (Å²) in [5, 5.41) is 26.2. The van der Waals surface area contributed by atoms with Crippen LogP contribution in [0.15, 0.2) is 24.3 Å². The Morgan fingerprint density at radius 1 is 1.06 bits per heavy atom. The van der Waals surface area contributed by atoms with Gasteiger partial charge >= 0.3 is 12.2 Å². The van der Waals surface area contributed by atoms with Crippen molar-refractivity contribution in [3.63, 3.8) is 0 Å². The fourth-order valence-corrected chi connectivity index (χ4v) is 1.38. The van der Waals surface area contributed by atoms with Crippen molar-refractivity contribution in [2.75, 3.05) is 6.54 Å². The standard InChI is InChI=1S/C11H13NO5/c13-9-5-3-8(4-6-9)2-1-7-12(10(14)15)11(16)17/h3-6,13H,1-2,7H2,(H,14,15)(H,16,17). The van der Waals surface area contributed by atoms with Gasteiger partial charge in [-0.15, -0.1) is 0 Å². The Morgan fingerprint density at radius 3 is 2.06 bits per heavy atom. The lowest BCUT2D eigenvalue weighted by Gasteiger charge is -2.12. The van der Waals surface area contributed by atoms with Crippen LogP contribution in [0, 0.1) is 0 Å². The number of hydrogen-bond acceptors (Lipinski definition) is 3. The van der Waals surface area contributed by atoms with Crippen LogP contribution in [0.1, 0.15) is 12.0 Å². The maximum absolute atomic E-state index is 10.5. The molecule has 0 aliphatic heterocycles. The SMILES string of the molecule is O=C(O)N(CCCc1ccc(O)cc1)C(=O)O. The molecule has 0 radical (unpaired) electrons. The van der Waals surface area contributed by atoms with Crippen molar-refractivity contribution < 1.29 is 24.9 Å². The molecule has 0 atom stereocenters. The van der Waals surface area contributed by atoms with Crippen molar-refractivity contribution in [1.29, 1.82) is 0 Å². The van der Waals surface area contributed by atoms with E-state index in [0.717, 1.165) is 5.56 Å². The lowest BCUT2D eigenvalue weighted by atomic mass is 10.1. The number of aromatic hydroxyl groups is 1. The predicted octanol–water partition coefficient (Wildman–Crippen LogP) is 1.98. The highest BCUT2D eigenvalue weighted by Gasteiger charge is 2.18. The Morgan fingerprint density at radius 2 is 1.59 bits per heavy atom. The Labute approximate surface area is 97.7 Å². The van der Waals surface area contributed by atoms with Crippen molar-refractivity contribution in [2.45, 2.75) is 12.8 Å². The van der Waals surface area contributed by atoms with Gasteiger partial charge in [-0.05, 0) is 30.5 Å². The first-order chi connectivity index (χ1) is 8.00. The number of rotatable bonds is 4. The molecule has 0 aliphatic rings. The van der Waals surface area contributed by atoms with E-state index in [2.05, 4.69) is 0 Å². The normalized spacial score (nSPS) is 9.88. The molecule has 0 bridgehead atoms. The number of amides is 2. The lowest BCUT2D eigenvalue weighted by molar-refractivity contribution is 0.122. The second-order valence-corrected chi connectivity index (χ2v) is 3.49. The van der Waals surface area contributed by atoms with Crippen LogP contribution in [-0.4, -0.2) is 39.0 Å². The summed E-state index contributed by atoms with van der Waals surface area (Å²) in [6.07, 6.45) is -1.98. The molecule has 0 saturated carbocycles. The third kappa shape index (κ3) is 4.02.